The molecule has 0 N–H and O–H groups in total. The molecule has 0 aromatic heterocycles. The van der Waals surface area contributed by atoms with E-state index in [1.165, 1.54) is 16.7 Å². The molecule has 0 bridgehead atoms. The Morgan fingerprint density at radius 1 is 1.20 bits per heavy atom. The van der Waals surface area contributed by atoms with Gasteiger partial charge in [0.15, 0.2) is 0 Å². The molecule has 1 aliphatic carbocycles. The predicted molar refractivity (Wildman–Crippen MR) is 98.1 cm³/mol. The second-order valence-electron chi connectivity index (χ2n) is 7.16. The maximum absolute atomic E-state index is 12.1. The number of rotatable bonds is 5. The minimum atomic E-state index is -0.467. The molecule has 4 heteroatoms. The van der Waals surface area contributed by atoms with E-state index in [9.17, 15) is 9.59 Å². The molecule has 0 radical (unpaired) electrons. The van der Waals surface area contributed by atoms with Gasteiger partial charge in [-0.2, -0.15) is 0 Å². The molecular weight excluding hydrogens is 314 g/mol. The number of carbonyl (C=O) groups is 2. The van der Waals surface area contributed by atoms with Crippen molar-refractivity contribution in [1.29, 1.82) is 0 Å². The number of fused-ring (bicyclic) bond motifs is 1. The highest BCUT2D eigenvalue weighted by Gasteiger charge is 2.26. The highest BCUT2D eigenvalue weighted by molar-refractivity contribution is 5.84. The van der Waals surface area contributed by atoms with E-state index in [4.69, 9.17) is 4.74 Å². The van der Waals surface area contributed by atoms with E-state index in [0.29, 0.717) is 13.0 Å². The first-order chi connectivity index (χ1) is 12.1. The van der Waals surface area contributed by atoms with Crippen molar-refractivity contribution in [3.63, 3.8) is 0 Å². The number of nitrogens with zero attached hydrogens (tertiary/aromatic N) is 1. The first kappa shape index (κ1) is 17.7. The second kappa shape index (κ2) is 8.32. The zero-order valence-electron chi connectivity index (χ0n) is 15.0. The summed E-state index contributed by atoms with van der Waals surface area (Å²) >= 11 is 0. The van der Waals surface area contributed by atoms with Crippen molar-refractivity contribution >= 4 is 18.1 Å². The van der Waals surface area contributed by atoms with Gasteiger partial charge in [-0.05, 0) is 63.0 Å². The Kier molecular flexibility index (Phi) is 5.90. The molecule has 2 aliphatic rings. The highest BCUT2D eigenvalue weighted by atomic mass is 16.6. The van der Waals surface area contributed by atoms with E-state index in [1.54, 1.807) is 4.90 Å². The number of allylic oxidation sites excluding steroid dienone is 1. The number of benzene rings is 1. The minimum Gasteiger partial charge on any atom is -0.376 e. The van der Waals surface area contributed by atoms with Crippen molar-refractivity contribution in [2.24, 2.45) is 0 Å². The Balaban J connectivity index is 1.34. The van der Waals surface area contributed by atoms with E-state index in [-0.39, 0.29) is 6.04 Å². The quantitative estimate of drug-likeness (QED) is 0.442. The van der Waals surface area contributed by atoms with E-state index in [1.807, 2.05) is 6.92 Å². The average Bonchev–Trinajstić information content (AvgIpc) is 3.02. The minimum absolute atomic E-state index is 0.171. The van der Waals surface area contributed by atoms with Crippen LogP contribution in [0.4, 0.5) is 4.79 Å². The fourth-order valence-corrected chi connectivity index (χ4v) is 3.71. The third-order valence-corrected chi connectivity index (χ3v) is 5.20. The summed E-state index contributed by atoms with van der Waals surface area (Å²) in [5.74, 6) is -0.397. The summed E-state index contributed by atoms with van der Waals surface area (Å²) in [5, 5.41) is 0. The van der Waals surface area contributed by atoms with Gasteiger partial charge in [0.25, 0.3) is 0 Å². The summed E-state index contributed by atoms with van der Waals surface area (Å²) in [6.45, 7) is 2.71. The zero-order valence-corrected chi connectivity index (χ0v) is 15.0. The molecule has 134 valence electrons. The average molecular weight is 341 g/mol. The normalized spacial score (nSPS) is 19.3. The number of carbonyl (C=O) groups excluding carboxylic acids is 2. The van der Waals surface area contributed by atoms with Gasteiger partial charge in [-0.3, -0.25) is 4.79 Å². The number of amides is 1. The molecule has 25 heavy (non-hydrogen) atoms. The maximum Gasteiger partial charge on any atom is 0.417 e. The molecule has 4 nitrogen and oxygen atoms in total. The van der Waals surface area contributed by atoms with Crippen molar-refractivity contribution in [1.82, 2.24) is 4.90 Å². The van der Waals surface area contributed by atoms with Crippen molar-refractivity contribution in [3.05, 3.63) is 41.0 Å². The van der Waals surface area contributed by atoms with E-state index < -0.39 is 12.1 Å². The Hall–Kier alpha value is -2.10. The first-order valence-corrected chi connectivity index (χ1v) is 9.42. The van der Waals surface area contributed by atoms with Crippen LogP contribution in [0.15, 0.2) is 29.8 Å². The maximum atomic E-state index is 12.1. The number of hydrogen-bond donors (Lipinski definition) is 0. The van der Waals surface area contributed by atoms with Crippen molar-refractivity contribution in [2.75, 3.05) is 6.54 Å². The molecule has 1 aromatic carbocycles. The van der Waals surface area contributed by atoms with E-state index >= 15 is 0 Å². The smallest absolute Gasteiger partial charge is 0.376 e. The summed E-state index contributed by atoms with van der Waals surface area (Å²) < 4.78 is 5.02. The van der Waals surface area contributed by atoms with E-state index in [2.05, 4.69) is 30.3 Å². The molecule has 1 fully saturated rings. The topological polar surface area (TPSA) is 46.6 Å². The van der Waals surface area contributed by atoms with Gasteiger partial charge in [-0.15, -0.1) is 0 Å². The molecule has 1 aromatic rings. The van der Waals surface area contributed by atoms with Crippen LogP contribution in [0.3, 0.4) is 0 Å². The van der Waals surface area contributed by atoms with Gasteiger partial charge in [-0.1, -0.05) is 35.9 Å². The zero-order chi connectivity index (χ0) is 17.6. The highest BCUT2D eigenvalue weighted by Crippen LogP contribution is 2.27. The molecule has 0 spiro atoms. The fraction of sp³-hybridized carbons (Fsp3) is 0.524. The van der Waals surface area contributed by atoms with Gasteiger partial charge in [-0.25, -0.2) is 4.79 Å². The second-order valence-corrected chi connectivity index (χ2v) is 7.16. The lowest BCUT2D eigenvalue weighted by Gasteiger charge is -2.31. The summed E-state index contributed by atoms with van der Waals surface area (Å²) in [7, 11) is 0. The van der Waals surface area contributed by atoms with Crippen LogP contribution in [-0.4, -0.2) is 29.5 Å². The molecule has 3 rings (SSSR count). The van der Waals surface area contributed by atoms with Crippen LogP contribution in [0.25, 0.3) is 6.08 Å². The first-order valence-electron chi connectivity index (χ1n) is 9.42. The number of likely N-dealkylation sites (tertiary alicyclic amines) is 1. The van der Waals surface area contributed by atoms with Gasteiger partial charge >= 0.3 is 12.1 Å². The van der Waals surface area contributed by atoms with Crippen LogP contribution in [-0.2, 0) is 16.0 Å². The number of esters is 1. The van der Waals surface area contributed by atoms with Crippen LogP contribution >= 0.6 is 0 Å². The summed E-state index contributed by atoms with van der Waals surface area (Å²) in [6, 6.07) is 8.63. The van der Waals surface area contributed by atoms with Gasteiger partial charge in [0.1, 0.15) is 0 Å². The summed E-state index contributed by atoms with van der Waals surface area (Å²) in [6.07, 6.45) is 8.95. The molecule has 1 saturated heterocycles. The fourth-order valence-electron chi connectivity index (χ4n) is 3.71. The van der Waals surface area contributed by atoms with E-state index in [0.717, 1.165) is 44.9 Å². The molecule has 0 saturated carbocycles. The van der Waals surface area contributed by atoms with Crippen LogP contribution in [0.2, 0.25) is 0 Å². The van der Waals surface area contributed by atoms with Crippen molar-refractivity contribution in [3.8, 4) is 0 Å². The lowest BCUT2D eigenvalue weighted by Crippen LogP contribution is -2.43. The Morgan fingerprint density at radius 2 is 2.04 bits per heavy atom. The van der Waals surface area contributed by atoms with Crippen molar-refractivity contribution < 1.29 is 14.3 Å². The Bertz CT molecular complexity index is 665. The molecular formula is C21H27NO3. The van der Waals surface area contributed by atoms with Crippen LogP contribution in [0.5, 0.6) is 0 Å². The number of hydrogen-bond acceptors (Lipinski definition) is 3. The van der Waals surface area contributed by atoms with Gasteiger partial charge in [0.2, 0.25) is 0 Å². The molecule has 1 unspecified atom stereocenters. The predicted octanol–water partition coefficient (Wildman–Crippen LogP) is 4.72. The molecule has 1 atom stereocenters. The van der Waals surface area contributed by atoms with Crippen LogP contribution in [0.1, 0.15) is 63.0 Å². The van der Waals surface area contributed by atoms with Gasteiger partial charge in [0.05, 0.1) is 0 Å². The third kappa shape index (κ3) is 4.71. The molecule has 1 heterocycles. The molecule has 1 amide bonds. The number of ether oxygens (including phenoxy) is 1. The SMILES string of the molecule is CC1CCCCN1C(=O)OC(=O)CCCCC1=Cc2ccccc2C1. The van der Waals surface area contributed by atoms with Crippen molar-refractivity contribution in [2.45, 2.75) is 64.3 Å². The lowest BCUT2D eigenvalue weighted by atomic mass is 10.0. The van der Waals surface area contributed by atoms with Gasteiger partial charge in [0, 0.05) is 19.0 Å². The third-order valence-electron chi connectivity index (χ3n) is 5.20. The Morgan fingerprint density at radius 3 is 2.84 bits per heavy atom. The number of unbranched alkanes of at least 4 members (excludes halogenated alkanes) is 1. The lowest BCUT2D eigenvalue weighted by molar-refractivity contribution is -0.138. The summed E-state index contributed by atoms with van der Waals surface area (Å²) in [4.78, 5) is 25.6. The van der Waals surface area contributed by atoms with Gasteiger partial charge < -0.3 is 9.64 Å². The standard InChI is InChI=1S/C21H27NO3/c1-16-8-6-7-13-22(16)21(24)25-20(23)12-5-2-9-17-14-18-10-3-4-11-19(18)15-17/h3-4,10-11,14,16H,2,5-9,12-13,15H2,1H3. The van der Waals surface area contributed by atoms with Crippen LogP contribution < -0.4 is 0 Å². The van der Waals surface area contributed by atoms with Crippen LogP contribution in [0, 0.1) is 0 Å². The largest absolute Gasteiger partial charge is 0.417 e. The monoisotopic (exact) mass is 341 g/mol. The Labute approximate surface area is 149 Å². The number of piperidine rings is 1. The summed E-state index contributed by atoms with van der Waals surface area (Å²) in [5.41, 5.74) is 4.13. The molecule has 1 aliphatic heterocycles.